The molecule has 3 aromatic rings. The highest BCUT2D eigenvalue weighted by atomic mass is 19.1. The van der Waals surface area contributed by atoms with Crippen molar-refractivity contribution in [1.82, 2.24) is 15.1 Å². The van der Waals surface area contributed by atoms with Crippen LogP contribution in [0.25, 0.3) is 11.5 Å². The number of carbonyl (C=O) groups excluding carboxylic acids is 2. The summed E-state index contributed by atoms with van der Waals surface area (Å²) in [5, 5.41) is 6.71. The van der Waals surface area contributed by atoms with Gasteiger partial charge >= 0.3 is 5.76 Å². The van der Waals surface area contributed by atoms with E-state index in [0.717, 1.165) is 10.2 Å². The lowest BCUT2D eigenvalue weighted by molar-refractivity contribution is -0.118. The number of ketones is 1. The quantitative estimate of drug-likeness (QED) is 0.631. The van der Waals surface area contributed by atoms with Crippen LogP contribution in [0.4, 0.5) is 4.39 Å². The lowest BCUT2D eigenvalue weighted by atomic mass is 10.1. The lowest BCUT2D eigenvalue weighted by Gasteiger charge is -2.04. The third-order valence-electron chi connectivity index (χ3n) is 4.05. The number of nitrogens with zero attached hydrogens (tertiary/aromatic N) is 2. The van der Waals surface area contributed by atoms with Gasteiger partial charge in [0.25, 0.3) is 0 Å². The molecule has 3 rings (SSSR count). The summed E-state index contributed by atoms with van der Waals surface area (Å²) < 4.78 is 19.0. The van der Waals surface area contributed by atoms with E-state index in [4.69, 9.17) is 4.42 Å². The van der Waals surface area contributed by atoms with Gasteiger partial charge in [-0.25, -0.2) is 9.18 Å². The van der Waals surface area contributed by atoms with Crippen molar-refractivity contribution < 1.29 is 18.4 Å². The largest absolute Gasteiger partial charge is 0.437 e. The molecule has 1 N–H and O–H groups in total. The second-order valence-corrected chi connectivity index (χ2v) is 6.19. The van der Waals surface area contributed by atoms with Gasteiger partial charge in [-0.2, -0.15) is 4.68 Å². The van der Waals surface area contributed by atoms with E-state index in [1.54, 1.807) is 24.3 Å². The molecule has 0 radical (unpaired) electrons. The first-order valence-electron chi connectivity index (χ1n) is 8.63. The fraction of sp³-hybridized carbons (Fsp3) is 0.200. The number of rotatable bonds is 7. The summed E-state index contributed by atoms with van der Waals surface area (Å²) in [6, 6.07) is 12.3. The van der Waals surface area contributed by atoms with Gasteiger partial charge in [0, 0.05) is 24.6 Å². The Morgan fingerprint density at radius 1 is 1.11 bits per heavy atom. The lowest BCUT2D eigenvalue weighted by Crippen LogP contribution is -2.22. The van der Waals surface area contributed by atoms with E-state index in [-0.39, 0.29) is 24.1 Å². The molecule has 0 aliphatic rings. The number of nitrogens with one attached hydrogen (secondary N) is 1. The average molecular weight is 383 g/mol. The molecule has 7 nitrogen and oxygen atoms in total. The normalized spacial score (nSPS) is 10.6. The number of halogens is 1. The molecule has 0 spiro atoms. The Morgan fingerprint density at radius 3 is 2.43 bits per heavy atom. The number of hydrogen-bond donors (Lipinski definition) is 1. The Morgan fingerprint density at radius 2 is 1.79 bits per heavy atom. The van der Waals surface area contributed by atoms with Crippen LogP contribution in [0.3, 0.4) is 0 Å². The molecule has 0 aliphatic carbocycles. The van der Waals surface area contributed by atoms with Gasteiger partial charge in [-0.05, 0) is 36.2 Å². The van der Waals surface area contributed by atoms with E-state index >= 15 is 0 Å². The van der Waals surface area contributed by atoms with Crippen molar-refractivity contribution in [2.75, 3.05) is 6.54 Å². The summed E-state index contributed by atoms with van der Waals surface area (Å²) in [5.74, 6) is -1.55. The topological polar surface area (TPSA) is 94.2 Å². The van der Waals surface area contributed by atoms with Crippen molar-refractivity contribution in [2.45, 2.75) is 19.9 Å². The zero-order chi connectivity index (χ0) is 20.1. The molecule has 1 amide bonds. The number of hydrogen-bond acceptors (Lipinski definition) is 5. The molecule has 0 aliphatic heterocycles. The van der Waals surface area contributed by atoms with Crippen LogP contribution in [0.2, 0.25) is 0 Å². The van der Waals surface area contributed by atoms with Crippen molar-refractivity contribution in [2.24, 2.45) is 0 Å². The van der Waals surface area contributed by atoms with E-state index in [1.165, 1.54) is 31.2 Å². The Kier molecular flexibility index (Phi) is 5.78. The van der Waals surface area contributed by atoms with Crippen molar-refractivity contribution in [1.29, 1.82) is 0 Å². The molecule has 0 fully saturated rings. The molecule has 0 bridgehead atoms. The second-order valence-electron chi connectivity index (χ2n) is 6.19. The molecule has 0 saturated heterocycles. The minimum Gasteiger partial charge on any atom is -0.388 e. The highest BCUT2D eigenvalue weighted by molar-refractivity contribution is 5.95. The molecule has 144 valence electrons. The van der Waals surface area contributed by atoms with Crippen LogP contribution in [0.15, 0.2) is 57.7 Å². The number of Topliss-reactive ketones (excluding diaryl/α,β-unsaturated/α-hetero) is 1. The first-order valence-corrected chi connectivity index (χ1v) is 8.63. The van der Waals surface area contributed by atoms with Crippen molar-refractivity contribution in [3.8, 4) is 11.5 Å². The second kappa shape index (κ2) is 8.43. The monoisotopic (exact) mass is 383 g/mol. The SMILES string of the molecule is CC(=O)NCCc1ccc(C(=O)Cn2nc(-c3ccc(F)cc3)oc2=O)cc1. The summed E-state index contributed by atoms with van der Waals surface area (Å²) in [7, 11) is 0. The Balaban J connectivity index is 1.67. The van der Waals surface area contributed by atoms with E-state index in [1.807, 2.05) is 0 Å². The average Bonchev–Trinajstić information content (AvgIpc) is 3.03. The van der Waals surface area contributed by atoms with Gasteiger partial charge < -0.3 is 9.73 Å². The third-order valence-corrected chi connectivity index (χ3v) is 4.05. The first-order chi connectivity index (χ1) is 13.4. The van der Waals surface area contributed by atoms with Crippen LogP contribution >= 0.6 is 0 Å². The Labute approximate surface area is 159 Å². The standard InChI is InChI=1S/C20H18FN3O4/c1-13(25)22-11-10-14-2-4-15(5-3-14)18(26)12-24-20(27)28-19(23-24)16-6-8-17(21)9-7-16/h2-9H,10-12H2,1H3,(H,22,25). The molecular weight excluding hydrogens is 365 g/mol. The van der Waals surface area contributed by atoms with Gasteiger partial charge in [0.15, 0.2) is 5.78 Å². The third kappa shape index (κ3) is 4.79. The molecule has 8 heteroatoms. The van der Waals surface area contributed by atoms with Crippen molar-refractivity contribution in [3.63, 3.8) is 0 Å². The Bertz CT molecular complexity index is 1040. The fourth-order valence-electron chi connectivity index (χ4n) is 2.58. The van der Waals surface area contributed by atoms with Gasteiger partial charge in [0.1, 0.15) is 12.4 Å². The van der Waals surface area contributed by atoms with Crippen LogP contribution in [-0.2, 0) is 17.8 Å². The molecule has 1 heterocycles. The highest BCUT2D eigenvalue weighted by Gasteiger charge is 2.14. The van der Waals surface area contributed by atoms with Gasteiger partial charge in [-0.15, -0.1) is 5.10 Å². The smallest absolute Gasteiger partial charge is 0.388 e. The van der Waals surface area contributed by atoms with Crippen LogP contribution in [-0.4, -0.2) is 28.0 Å². The molecule has 0 atom stereocenters. The van der Waals surface area contributed by atoms with Gasteiger partial charge in [-0.3, -0.25) is 9.59 Å². The van der Waals surface area contributed by atoms with Crippen molar-refractivity contribution >= 4 is 11.7 Å². The Hall–Kier alpha value is -3.55. The van der Waals surface area contributed by atoms with Crippen molar-refractivity contribution in [3.05, 3.63) is 76.0 Å². The zero-order valence-corrected chi connectivity index (χ0v) is 15.1. The van der Waals surface area contributed by atoms with Crippen LogP contribution in [0.5, 0.6) is 0 Å². The number of aromatic nitrogens is 2. The van der Waals surface area contributed by atoms with E-state index in [0.29, 0.717) is 24.1 Å². The molecule has 1 aromatic heterocycles. The minimum absolute atomic E-state index is 0.0196. The molecule has 28 heavy (non-hydrogen) atoms. The molecule has 2 aromatic carbocycles. The van der Waals surface area contributed by atoms with Crippen LogP contribution in [0.1, 0.15) is 22.8 Å². The number of amides is 1. The van der Waals surface area contributed by atoms with E-state index < -0.39 is 11.6 Å². The highest BCUT2D eigenvalue weighted by Crippen LogP contribution is 2.15. The van der Waals surface area contributed by atoms with Gasteiger partial charge in [-0.1, -0.05) is 24.3 Å². The minimum atomic E-state index is -0.764. The molecular formula is C20H18FN3O4. The van der Waals surface area contributed by atoms with Gasteiger partial charge in [0.2, 0.25) is 11.8 Å². The van der Waals surface area contributed by atoms with E-state index in [9.17, 15) is 18.8 Å². The predicted molar refractivity (Wildman–Crippen MR) is 99.3 cm³/mol. The van der Waals surface area contributed by atoms with Gasteiger partial charge in [0.05, 0.1) is 0 Å². The van der Waals surface area contributed by atoms with Crippen LogP contribution in [0, 0.1) is 5.82 Å². The predicted octanol–water partition coefficient (Wildman–Crippen LogP) is 2.20. The molecule has 0 saturated carbocycles. The first kappa shape index (κ1) is 19.2. The maximum absolute atomic E-state index is 13.0. The number of benzene rings is 2. The fourth-order valence-corrected chi connectivity index (χ4v) is 2.58. The maximum atomic E-state index is 13.0. The summed E-state index contributed by atoms with van der Waals surface area (Å²) in [6.07, 6.45) is 0.651. The zero-order valence-electron chi connectivity index (χ0n) is 15.1. The number of carbonyl (C=O) groups is 2. The summed E-state index contributed by atoms with van der Waals surface area (Å²) in [4.78, 5) is 35.2. The maximum Gasteiger partial charge on any atom is 0.437 e. The summed E-state index contributed by atoms with van der Waals surface area (Å²) >= 11 is 0. The van der Waals surface area contributed by atoms with Crippen LogP contribution < -0.4 is 11.1 Å². The summed E-state index contributed by atoms with van der Waals surface area (Å²) in [5.41, 5.74) is 1.84. The van der Waals surface area contributed by atoms with E-state index in [2.05, 4.69) is 10.4 Å². The summed E-state index contributed by atoms with van der Waals surface area (Å²) in [6.45, 7) is 1.70. The molecule has 0 unspecified atom stereocenters.